The molecule has 1 fully saturated rings. The third-order valence-electron chi connectivity index (χ3n) is 5.37. The zero-order valence-electron chi connectivity index (χ0n) is 15.9. The lowest BCUT2D eigenvalue weighted by molar-refractivity contribution is -0.121. The smallest absolute Gasteiger partial charge is 0.254 e. The zero-order valence-corrected chi connectivity index (χ0v) is 17.4. The Balaban J connectivity index is 1.67. The quantitative estimate of drug-likeness (QED) is 0.651. The first kappa shape index (κ1) is 20.4. The molecular weight excluding hydrogens is 429 g/mol. The van der Waals surface area contributed by atoms with Crippen molar-refractivity contribution < 1.29 is 14.1 Å². The van der Waals surface area contributed by atoms with E-state index in [1.165, 1.54) is 12.3 Å². The Hall–Kier alpha value is -2.84. The van der Waals surface area contributed by atoms with Crippen molar-refractivity contribution in [1.82, 2.24) is 15.4 Å². The van der Waals surface area contributed by atoms with Crippen molar-refractivity contribution in [3.8, 4) is 0 Å². The number of halogens is 2. The first-order valence-electron chi connectivity index (χ1n) is 9.37. The summed E-state index contributed by atoms with van der Waals surface area (Å²) in [5.74, 6) is -1.05. The molecule has 30 heavy (non-hydrogen) atoms. The number of amides is 2. The maximum Gasteiger partial charge on any atom is 0.254 e. The van der Waals surface area contributed by atoms with Crippen molar-refractivity contribution in [1.29, 1.82) is 5.41 Å². The van der Waals surface area contributed by atoms with Crippen LogP contribution in [0, 0.1) is 11.3 Å². The van der Waals surface area contributed by atoms with Crippen molar-refractivity contribution in [2.75, 3.05) is 19.6 Å². The molecule has 4 rings (SSSR count). The minimum absolute atomic E-state index is 0.205. The Morgan fingerprint density at radius 2 is 2.10 bits per heavy atom. The molecule has 0 saturated carbocycles. The van der Waals surface area contributed by atoms with E-state index in [0.29, 0.717) is 64.2 Å². The van der Waals surface area contributed by atoms with E-state index in [-0.39, 0.29) is 12.5 Å². The molecule has 3 heterocycles. The molecule has 0 bridgehead atoms. The standard InChI is InChI=1S/C20H19Cl2N5O3/c21-14-2-1-10(6-15(14)22)20(29)27-4-3-16(23)13(8-27)18-17-12(9-30-26-17)5-11(7-25-18)19(24)28/h1-2,6,9,11,23,25H,3-5,7-8H2,(H2,24,28)/b18-13-,23-16?. The summed E-state index contributed by atoms with van der Waals surface area (Å²) in [6, 6.07) is 4.75. The van der Waals surface area contributed by atoms with Crippen LogP contribution in [0.2, 0.25) is 10.0 Å². The van der Waals surface area contributed by atoms with Crippen LogP contribution in [0.1, 0.15) is 28.0 Å². The van der Waals surface area contributed by atoms with Crippen LogP contribution in [-0.4, -0.2) is 47.2 Å². The van der Waals surface area contributed by atoms with Crippen LogP contribution in [0.4, 0.5) is 0 Å². The number of nitrogens with one attached hydrogen (secondary N) is 2. The highest BCUT2D eigenvalue weighted by Crippen LogP contribution is 2.29. The molecular formula is C20H19Cl2N5O3. The average Bonchev–Trinajstić information content (AvgIpc) is 3.10. The lowest BCUT2D eigenvalue weighted by Gasteiger charge is -2.31. The SMILES string of the molecule is N=C1CCN(C(=O)c2ccc(Cl)c(Cl)c2)C/C1=C1/NCC(C(N)=O)Cc2conc21. The van der Waals surface area contributed by atoms with Crippen molar-refractivity contribution >= 4 is 46.4 Å². The number of likely N-dealkylation sites (tertiary alicyclic amines) is 1. The summed E-state index contributed by atoms with van der Waals surface area (Å²) in [6.45, 7) is 0.941. The number of carbonyl (C=O) groups is 2. The highest BCUT2D eigenvalue weighted by Gasteiger charge is 2.32. The number of primary amides is 1. The molecule has 2 amide bonds. The van der Waals surface area contributed by atoms with Gasteiger partial charge >= 0.3 is 0 Å². The van der Waals surface area contributed by atoms with E-state index in [0.717, 1.165) is 5.56 Å². The molecule has 4 N–H and O–H groups in total. The third kappa shape index (κ3) is 3.80. The van der Waals surface area contributed by atoms with Gasteiger partial charge in [0, 0.05) is 48.5 Å². The lowest BCUT2D eigenvalue weighted by atomic mass is 9.96. The zero-order chi connectivity index (χ0) is 21.4. The van der Waals surface area contributed by atoms with Crippen LogP contribution in [-0.2, 0) is 11.2 Å². The van der Waals surface area contributed by atoms with Gasteiger partial charge in [0.25, 0.3) is 5.91 Å². The monoisotopic (exact) mass is 447 g/mol. The minimum Gasteiger partial charge on any atom is -0.382 e. The van der Waals surface area contributed by atoms with E-state index in [1.807, 2.05) is 0 Å². The van der Waals surface area contributed by atoms with Crippen molar-refractivity contribution in [2.45, 2.75) is 12.8 Å². The number of nitrogens with zero attached hydrogens (tertiary/aromatic N) is 2. The van der Waals surface area contributed by atoms with Gasteiger partial charge in [0.2, 0.25) is 5.91 Å². The van der Waals surface area contributed by atoms with E-state index in [2.05, 4.69) is 10.5 Å². The van der Waals surface area contributed by atoms with Crippen LogP contribution in [0.3, 0.4) is 0 Å². The highest BCUT2D eigenvalue weighted by atomic mass is 35.5. The Bertz CT molecular complexity index is 1080. The van der Waals surface area contributed by atoms with Gasteiger partial charge in [-0.1, -0.05) is 28.4 Å². The molecule has 0 spiro atoms. The summed E-state index contributed by atoms with van der Waals surface area (Å²) in [6.07, 6.45) is 2.28. The van der Waals surface area contributed by atoms with Gasteiger partial charge in [-0.05, 0) is 24.6 Å². The minimum atomic E-state index is -0.423. The molecule has 1 atom stereocenters. The predicted molar refractivity (Wildman–Crippen MR) is 113 cm³/mol. The van der Waals surface area contributed by atoms with Crippen LogP contribution in [0.15, 0.2) is 34.6 Å². The fourth-order valence-electron chi connectivity index (χ4n) is 3.68. The van der Waals surface area contributed by atoms with E-state index in [9.17, 15) is 9.59 Å². The largest absolute Gasteiger partial charge is 0.382 e. The van der Waals surface area contributed by atoms with E-state index in [1.54, 1.807) is 17.0 Å². The van der Waals surface area contributed by atoms with Crippen molar-refractivity contribution in [2.24, 2.45) is 11.7 Å². The molecule has 1 aromatic heterocycles. The molecule has 0 aliphatic carbocycles. The van der Waals surface area contributed by atoms with Crippen LogP contribution < -0.4 is 11.1 Å². The molecule has 156 valence electrons. The first-order valence-corrected chi connectivity index (χ1v) is 10.1. The van der Waals surface area contributed by atoms with E-state index < -0.39 is 11.8 Å². The summed E-state index contributed by atoms with van der Waals surface area (Å²) in [5.41, 5.74) is 8.85. The summed E-state index contributed by atoms with van der Waals surface area (Å²) in [7, 11) is 0. The Labute approximate surface area is 182 Å². The number of piperidine rings is 1. The fourth-order valence-corrected chi connectivity index (χ4v) is 3.98. The topological polar surface area (TPSA) is 125 Å². The maximum absolute atomic E-state index is 13.0. The Kier molecular flexibility index (Phi) is 5.53. The second-order valence-electron chi connectivity index (χ2n) is 7.31. The second-order valence-corrected chi connectivity index (χ2v) is 8.12. The van der Waals surface area contributed by atoms with Gasteiger partial charge in [0.05, 0.1) is 21.7 Å². The van der Waals surface area contributed by atoms with Gasteiger partial charge in [-0.15, -0.1) is 0 Å². The van der Waals surface area contributed by atoms with Crippen LogP contribution >= 0.6 is 23.2 Å². The molecule has 2 aliphatic heterocycles. The summed E-state index contributed by atoms with van der Waals surface area (Å²) < 4.78 is 5.12. The number of rotatable bonds is 2. The molecule has 1 saturated heterocycles. The van der Waals surface area contributed by atoms with Crippen molar-refractivity contribution in [3.63, 3.8) is 0 Å². The van der Waals surface area contributed by atoms with Crippen LogP contribution in [0.5, 0.6) is 0 Å². The number of hydrogen-bond donors (Lipinski definition) is 3. The van der Waals surface area contributed by atoms with Gasteiger partial charge in [0.15, 0.2) is 0 Å². The van der Waals surface area contributed by atoms with Gasteiger partial charge in [-0.25, -0.2) is 0 Å². The van der Waals surface area contributed by atoms with Gasteiger partial charge < -0.3 is 25.9 Å². The van der Waals surface area contributed by atoms with Crippen molar-refractivity contribution in [3.05, 3.63) is 56.9 Å². The van der Waals surface area contributed by atoms with Gasteiger partial charge in [-0.3, -0.25) is 9.59 Å². The number of aromatic nitrogens is 1. The van der Waals surface area contributed by atoms with E-state index >= 15 is 0 Å². The molecule has 2 aromatic rings. The van der Waals surface area contributed by atoms with Crippen LogP contribution in [0.25, 0.3) is 5.70 Å². The first-order chi connectivity index (χ1) is 14.3. The maximum atomic E-state index is 13.0. The number of fused-ring (bicyclic) bond motifs is 1. The predicted octanol–water partition coefficient (Wildman–Crippen LogP) is 2.51. The summed E-state index contributed by atoms with van der Waals surface area (Å²) >= 11 is 12.0. The fraction of sp³-hybridized carbons (Fsp3) is 0.300. The summed E-state index contributed by atoms with van der Waals surface area (Å²) in [5, 5.41) is 16.4. The third-order valence-corrected chi connectivity index (χ3v) is 6.11. The molecule has 1 unspecified atom stereocenters. The van der Waals surface area contributed by atoms with Gasteiger partial charge in [0.1, 0.15) is 12.0 Å². The number of carbonyl (C=O) groups excluding carboxylic acids is 2. The Morgan fingerprint density at radius 3 is 2.83 bits per heavy atom. The number of hydrogen-bond acceptors (Lipinski definition) is 6. The lowest BCUT2D eigenvalue weighted by Crippen LogP contribution is -2.41. The van der Waals surface area contributed by atoms with E-state index in [4.69, 9.17) is 38.9 Å². The second kappa shape index (κ2) is 8.12. The number of nitrogens with two attached hydrogens (primary N) is 1. The number of benzene rings is 1. The molecule has 2 aliphatic rings. The molecule has 10 heteroatoms. The normalized spacial score (nSPS) is 21.6. The molecule has 0 radical (unpaired) electrons. The molecule has 8 nitrogen and oxygen atoms in total. The molecule has 1 aromatic carbocycles. The van der Waals surface area contributed by atoms with Gasteiger partial charge in [-0.2, -0.15) is 0 Å². The summed E-state index contributed by atoms with van der Waals surface area (Å²) in [4.78, 5) is 26.4. The highest BCUT2D eigenvalue weighted by molar-refractivity contribution is 6.42. The average molecular weight is 448 g/mol. The Morgan fingerprint density at radius 1 is 1.30 bits per heavy atom.